The summed E-state index contributed by atoms with van der Waals surface area (Å²) in [7, 11) is 0. The van der Waals surface area contributed by atoms with Crippen LogP contribution in [-0.2, 0) is 0 Å². The number of nitro groups is 1. The van der Waals surface area contributed by atoms with Crippen molar-refractivity contribution in [2.24, 2.45) is 0 Å². The van der Waals surface area contributed by atoms with Gasteiger partial charge in [-0.05, 0) is 24.6 Å². The van der Waals surface area contributed by atoms with Crippen molar-refractivity contribution in [1.82, 2.24) is 5.32 Å². The number of hydrogen-bond acceptors (Lipinski definition) is 5. The number of nitrogens with two attached hydrogens (primary N) is 1. The summed E-state index contributed by atoms with van der Waals surface area (Å²) >= 11 is 0. The summed E-state index contributed by atoms with van der Waals surface area (Å²) < 4.78 is 18.6. The topological polar surface area (TPSA) is 107 Å². The number of nitrogens with zero attached hydrogens (tertiary/aromatic N) is 1. The van der Waals surface area contributed by atoms with E-state index in [1.807, 2.05) is 0 Å². The molecule has 8 heteroatoms. The van der Waals surface area contributed by atoms with Crippen LogP contribution in [0.15, 0.2) is 42.5 Å². The lowest BCUT2D eigenvalue weighted by Gasteiger charge is -2.08. The Morgan fingerprint density at radius 2 is 2.04 bits per heavy atom. The first-order valence-electron chi connectivity index (χ1n) is 7.18. The molecule has 0 bridgehead atoms. The van der Waals surface area contributed by atoms with E-state index in [9.17, 15) is 19.3 Å². The van der Waals surface area contributed by atoms with E-state index in [-0.39, 0.29) is 35.8 Å². The maximum Gasteiger partial charge on any atom is 0.272 e. The number of benzene rings is 2. The van der Waals surface area contributed by atoms with Crippen LogP contribution in [0.4, 0.5) is 15.8 Å². The summed E-state index contributed by atoms with van der Waals surface area (Å²) in [5.41, 5.74) is 5.55. The summed E-state index contributed by atoms with van der Waals surface area (Å²) in [6.07, 6.45) is 0.449. The number of nitrogen functional groups attached to an aromatic ring is 1. The predicted molar refractivity (Wildman–Crippen MR) is 86.4 cm³/mol. The van der Waals surface area contributed by atoms with Gasteiger partial charge in [-0.1, -0.05) is 12.1 Å². The number of ether oxygens (including phenoxy) is 1. The third kappa shape index (κ3) is 4.67. The fourth-order valence-corrected chi connectivity index (χ4v) is 1.99. The highest BCUT2D eigenvalue weighted by atomic mass is 19.1. The first-order valence-corrected chi connectivity index (χ1v) is 7.18. The van der Waals surface area contributed by atoms with Gasteiger partial charge in [0.1, 0.15) is 0 Å². The number of hydrogen-bond donors (Lipinski definition) is 2. The number of amides is 1. The molecule has 2 aromatic carbocycles. The molecule has 24 heavy (non-hydrogen) atoms. The van der Waals surface area contributed by atoms with Crippen LogP contribution in [0.3, 0.4) is 0 Å². The first kappa shape index (κ1) is 17.2. The van der Waals surface area contributed by atoms with Crippen molar-refractivity contribution in [2.75, 3.05) is 18.9 Å². The molecule has 7 nitrogen and oxygen atoms in total. The normalized spacial score (nSPS) is 10.2. The van der Waals surface area contributed by atoms with E-state index in [0.29, 0.717) is 6.42 Å². The molecule has 0 radical (unpaired) electrons. The number of para-hydroxylation sites is 1. The summed E-state index contributed by atoms with van der Waals surface area (Å²) in [4.78, 5) is 22.1. The lowest BCUT2D eigenvalue weighted by Crippen LogP contribution is -2.25. The predicted octanol–water partition coefficient (Wildman–Crippen LogP) is 2.52. The van der Waals surface area contributed by atoms with Gasteiger partial charge in [-0.15, -0.1) is 0 Å². The van der Waals surface area contributed by atoms with Crippen molar-refractivity contribution in [2.45, 2.75) is 6.42 Å². The molecule has 0 heterocycles. The fraction of sp³-hybridized carbons (Fsp3) is 0.188. The molecule has 0 aliphatic carbocycles. The number of non-ortho nitro benzene ring substituents is 1. The van der Waals surface area contributed by atoms with Gasteiger partial charge in [-0.2, -0.15) is 0 Å². The molecule has 0 saturated carbocycles. The molecule has 1 amide bonds. The van der Waals surface area contributed by atoms with Crippen LogP contribution in [0.25, 0.3) is 0 Å². The molecule has 2 rings (SSSR count). The third-order valence-corrected chi connectivity index (χ3v) is 3.11. The van der Waals surface area contributed by atoms with Crippen molar-refractivity contribution < 1.29 is 18.8 Å². The minimum Gasteiger partial charge on any atom is -0.490 e. The molecule has 0 spiro atoms. The van der Waals surface area contributed by atoms with Crippen molar-refractivity contribution in [3.8, 4) is 5.75 Å². The molecule has 0 aromatic heterocycles. The zero-order valence-corrected chi connectivity index (χ0v) is 12.7. The number of nitro benzene ring substituents is 1. The minimum atomic E-state index is -0.616. The second-order valence-corrected chi connectivity index (χ2v) is 4.96. The minimum absolute atomic E-state index is 0.108. The number of carbonyl (C=O) groups excluding carboxylic acids is 1. The largest absolute Gasteiger partial charge is 0.490 e. The number of halogens is 1. The van der Waals surface area contributed by atoms with Crippen LogP contribution in [0.5, 0.6) is 5.75 Å². The highest BCUT2D eigenvalue weighted by Gasteiger charge is 2.13. The molecule has 126 valence electrons. The average molecular weight is 333 g/mol. The Labute approximate surface area is 137 Å². The first-order chi connectivity index (χ1) is 11.5. The van der Waals surface area contributed by atoms with Gasteiger partial charge in [0.15, 0.2) is 11.6 Å². The zero-order chi connectivity index (χ0) is 17.5. The zero-order valence-electron chi connectivity index (χ0n) is 12.7. The summed E-state index contributed by atoms with van der Waals surface area (Å²) in [6.45, 7) is 0.494. The van der Waals surface area contributed by atoms with Gasteiger partial charge in [0.2, 0.25) is 0 Å². The van der Waals surface area contributed by atoms with E-state index >= 15 is 0 Å². The second kappa shape index (κ2) is 7.91. The maximum absolute atomic E-state index is 13.3. The van der Waals surface area contributed by atoms with E-state index < -0.39 is 16.6 Å². The quantitative estimate of drug-likeness (QED) is 0.350. The summed E-state index contributed by atoms with van der Waals surface area (Å²) in [6, 6.07) is 9.72. The Balaban J connectivity index is 1.81. The molecule has 3 N–H and O–H groups in total. The van der Waals surface area contributed by atoms with Crippen molar-refractivity contribution in [1.29, 1.82) is 0 Å². The third-order valence-electron chi connectivity index (χ3n) is 3.11. The molecule has 0 fully saturated rings. The number of rotatable bonds is 7. The van der Waals surface area contributed by atoms with Crippen LogP contribution >= 0.6 is 0 Å². The van der Waals surface area contributed by atoms with Gasteiger partial charge in [-0.25, -0.2) is 4.39 Å². The Morgan fingerprint density at radius 1 is 1.29 bits per heavy atom. The van der Waals surface area contributed by atoms with Crippen LogP contribution in [0, 0.1) is 15.9 Å². The van der Waals surface area contributed by atoms with Crippen LogP contribution in [0.1, 0.15) is 16.8 Å². The van der Waals surface area contributed by atoms with E-state index in [1.54, 1.807) is 12.1 Å². The highest BCUT2D eigenvalue weighted by molar-refractivity contribution is 5.95. The molecule has 0 unspecified atom stereocenters. The van der Waals surface area contributed by atoms with Crippen LogP contribution in [0.2, 0.25) is 0 Å². The van der Waals surface area contributed by atoms with Crippen LogP contribution in [-0.4, -0.2) is 24.0 Å². The molecular weight excluding hydrogens is 317 g/mol. The number of nitrogens with one attached hydrogen (secondary N) is 1. The second-order valence-electron chi connectivity index (χ2n) is 4.96. The Bertz CT molecular complexity index is 752. The maximum atomic E-state index is 13.3. The van der Waals surface area contributed by atoms with Gasteiger partial charge >= 0.3 is 0 Å². The molecule has 0 saturated heterocycles. The van der Waals surface area contributed by atoms with Gasteiger partial charge in [-0.3, -0.25) is 14.9 Å². The molecule has 0 aliphatic rings. The van der Waals surface area contributed by atoms with E-state index in [2.05, 4.69) is 5.32 Å². The molecule has 2 aromatic rings. The van der Waals surface area contributed by atoms with E-state index in [4.69, 9.17) is 10.5 Å². The van der Waals surface area contributed by atoms with E-state index in [1.165, 1.54) is 24.3 Å². The van der Waals surface area contributed by atoms with Crippen LogP contribution < -0.4 is 15.8 Å². The monoisotopic (exact) mass is 333 g/mol. The Kier molecular flexibility index (Phi) is 5.67. The Morgan fingerprint density at radius 3 is 2.75 bits per heavy atom. The Hall–Kier alpha value is -3.16. The van der Waals surface area contributed by atoms with Gasteiger partial charge in [0.05, 0.1) is 11.5 Å². The standard InChI is InChI=1S/C16H16FN3O4/c17-14-4-1-2-5-15(14)24-7-3-6-19-16(21)11-8-12(18)10-13(9-11)20(22)23/h1-2,4-5,8-10H,3,6-7,18H2,(H,19,21). The highest BCUT2D eigenvalue weighted by Crippen LogP contribution is 2.18. The van der Waals surface area contributed by atoms with Crippen molar-refractivity contribution in [3.05, 3.63) is 64.0 Å². The van der Waals surface area contributed by atoms with Gasteiger partial charge in [0.25, 0.3) is 11.6 Å². The molecule has 0 aliphatic heterocycles. The lowest BCUT2D eigenvalue weighted by atomic mass is 10.1. The fourth-order valence-electron chi connectivity index (χ4n) is 1.99. The van der Waals surface area contributed by atoms with Gasteiger partial charge < -0.3 is 15.8 Å². The average Bonchev–Trinajstić information content (AvgIpc) is 2.55. The molecular formula is C16H16FN3O4. The van der Waals surface area contributed by atoms with Crippen molar-refractivity contribution >= 4 is 17.3 Å². The summed E-state index contributed by atoms with van der Waals surface area (Å²) in [5.74, 6) is -0.778. The van der Waals surface area contributed by atoms with Crippen molar-refractivity contribution in [3.63, 3.8) is 0 Å². The number of anilines is 1. The summed E-state index contributed by atoms with van der Waals surface area (Å²) in [5, 5.41) is 13.4. The SMILES string of the molecule is Nc1cc(C(=O)NCCCOc2ccccc2F)cc([N+](=O)[O-])c1. The van der Waals surface area contributed by atoms with E-state index in [0.717, 1.165) is 6.07 Å². The molecule has 0 atom stereocenters. The lowest BCUT2D eigenvalue weighted by molar-refractivity contribution is -0.384. The number of carbonyl (C=O) groups is 1. The van der Waals surface area contributed by atoms with Gasteiger partial charge in [0, 0.05) is 29.9 Å². The smallest absolute Gasteiger partial charge is 0.272 e.